The van der Waals surface area contributed by atoms with E-state index in [-0.39, 0.29) is 11.4 Å². The molecule has 0 amide bonds. The Morgan fingerprint density at radius 2 is 2.24 bits per heavy atom. The zero-order chi connectivity index (χ0) is 12.9. The van der Waals surface area contributed by atoms with Gasteiger partial charge in [0, 0.05) is 38.6 Å². The van der Waals surface area contributed by atoms with E-state index < -0.39 is 10.0 Å². The summed E-state index contributed by atoms with van der Waals surface area (Å²) < 4.78 is 32.9. The number of nitrogens with zero attached hydrogens (tertiary/aromatic N) is 1. The largest absolute Gasteiger partial charge is 0.380 e. The highest BCUT2D eigenvalue weighted by atomic mass is 32.2. The van der Waals surface area contributed by atoms with Gasteiger partial charge in [-0.05, 0) is 13.0 Å². The SMILES string of the molecule is CCOCCNS(=O)(=O)c1cc(CN)n(C)c1. The first kappa shape index (κ1) is 14.2. The van der Waals surface area contributed by atoms with Gasteiger partial charge in [-0.25, -0.2) is 13.1 Å². The molecule has 0 fully saturated rings. The first-order chi connectivity index (χ1) is 8.01. The Morgan fingerprint density at radius 1 is 1.53 bits per heavy atom. The Morgan fingerprint density at radius 3 is 2.76 bits per heavy atom. The molecule has 17 heavy (non-hydrogen) atoms. The van der Waals surface area contributed by atoms with Crippen LogP contribution >= 0.6 is 0 Å². The van der Waals surface area contributed by atoms with Crippen molar-refractivity contribution in [3.63, 3.8) is 0 Å². The fourth-order valence-corrected chi connectivity index (χ4v) is 2.51. The molecule has 98 valence electrons. The van der Waals surface area contributed by atoms with Gasteiger partial charge < -0.3 is 15.0 Å². The maximum atomic E-state index is 11.9. The summed E-state index contributed by atoms with van der Waals surface area (Å²) in [5, 5.41) is 0. The summed E-state index contributed by atoms with van der Waals surface area (Å²) in [5.41, 5.74) is 6.26. The van der Waals surface area contributed by atoms with E-state index in [0.29, 0.717) is 19.8 Å². The van der Waals surface area contributed by atoms with E-state index in [1.807, 2.05) is 6.92 Å². The van der Waals surface area contributed by atoms with Crippen LogP contribution in [0.25, 0.3) is 0 Å². The molecule has 0 atom stereocenters. The summed E-state index contributed by atoms with van der Waals surface area (Å²) >= 11 is 0. The third-order valence-corrected chi connectivity index (χ3v) is 3.77. The van der Waals surface area contributed by atoms with Crippen LogP contribution in [0, 0.1) is 0 Å². The Balaban J connectivity index is 2.69. The lowest BCUT2D eigenvalue weighted by molar-refractivity contribution is 0.153. The lowest BCUT2D eigenvalue weighted by Crippen LogP contribution is -2.27. The fourth-order valence-electron chi connectivity index (χ4n) is 1.40. The minimum atomic E-state index is -3.46. The Kier molecular flexibility index (Phi) is 5.13. The van der Waals surface area contributed by atoms with Gasteiger partial charge in [0.1, 0.15) is 0 Å². The molecule has 1 rings (SSSR count). The molecule has 1 heterocycles. The molecule has 0 radical (unpaired) electrons. The molecule has 0 unspecified atom stereocenters. The molecular formula is C10H19N3O3S. The van der Waals surface area contributed by atoms with Crippen molar-refractivity contribution in [2.75, 3.05) is 19.8 Å². The first-order valence-corrected chi connectivity index (χ1v) is 6.92. The normalized spacial score (nSPS) is 11.9. The average molecular weight is 261 g/mol. The van der Waals surface area contributed by atoms with Crippen molar-refractivity contribution in [2.24, 2.45) is 12.8 Å². The summed E-state index contributed by atoms with van der Waals surface area (Å²) in [6.45, 7) is 3.38. The minimum Gasteiger partial charge on any atom is -0.380 e. The van der Waals surface area contributed by atoms with E-state index in [0.717, 1.165) is 5.69 Å². The van der Waals surface area contributed by atoms with Gasteiger partial charge in [-0.15, -0.1) is 0 Å². The third kappa shape index (κ3) is 3.81. The quantitative estimate of drug-likeness (QED) is 0.665. The van der Waals surface area contributed by atoms with Crippen molar-refractivity contribution < 1.29 is 13.2 Å². The van der Waals surface area contributed by atoms with Gasteiger partial charge in [0.15, 0.2) is 0 Å². The van der Waals surface area contributed by atoms with Crippen LogP contribution < -0.4 is 10.5 Å². The smallest absolute Gasteiger partial charge is 0.242 e. The molecule has 0 aromatic carbocycles. The van der Waals surface area contributed by atoms with Gasteiger partial charge in [0.25, 0.3) is 0 Å². The van der Waals surface area contributed by atoms with Crippen LogP contribution in [-0.2, 0) is 28.4 Å². The van der Waals surface area contributed by atoms with Crippen molar-refractivity contribution in [1.82, 2.24) is 9.29 Å². The minimum absolute atomic E-state index is 0.233. The summed E-state index contributed by atoms with van der Waals surface area (Å²) in [5.74, 6) is 0. The summed E-state index contributed by atoms with van der Waals surface area (Å²) in [6.07, 6.45) is 1.55. The number of hydrogen-bond donors (Lipinski definition) is 2. The highest BCUT2D eigenvalue weighted by Gasteiger charge is 2.16. The first-order valence-electron chi connectivity index (χ1n) is 5.44. The van der Waals surface area contributed by atoms with Crippen molar-refractivity contribution in [2.45, 2.75) is 18.4 Å². The van der Waals surface area contributed by atoms with E-state index in [2.05, 4.69) is 4.72 Å². The van der Waals surface area contributed by atoms with E-state index in [4.69, 9.17) is 10.5 Å². The molecule has 0 bridgehead atoms. The van der Waals surface area contributed by atoms with Crippen LogP contribution in [0.5, 0.6) is 0 Å². The van der Waals surface area contributed by atoms with E-state index in [1.54, 1.807) is 23.9 Å². The van der Waals surface area contributed by atoms with Crippen LogP contribution in [0.2, 0.25) is 0 Å². The third-order valence-electron chi connectivity index (χ3n) is 2.34. The van der Waals surface area contributed by atoms with Gasteiger partial charge in [0.2, 0.25) is 10.0 Å². The number of aromatic nitrogens is 1. The molecule has 1 aromatic rings. The number of hydrogen-bond acceptors (Lipinski definition) is 4. The van der Waals surface area contributed by atoms with E-state index >= 15 is 0 Å². The van der Waals surface area contributed by atoms with E-state index in [1.165, 1.54) is 0 Å². The molecule has 0 saturated heterocycles. The van der Waals surface area contributed by atoms with E-state index in [9.17, 15) is 8.42 Å². The molecule has 0 aliphatic heterocycles. The Labute approximate surface area is 102 Å². The van der Waals surface area contributed by atoms with Crippen molar-refractivity contribution >= 4 is 10.0 Å². The second kappa shape index (κ2) is 6.15. The highest BCUT2D eigenvalue weighted by Crippen LogP contribution is 2.12. The van der Waals surface area contributed by atoms with Gasteiger partial charge in [-0.2, -0.15) is 0 Å². The molecule has 1 aromatic heterocycles. The summed E-state index contributed by atoms with van der Waals surface area (Å²) in [4.78, 5) is 0.233. The van der Waals surface area contributed by atoms with Gasteiger partial charge in [0.05, 0.1) is 11.5 Å². The number of aryl methyl sites for hydroxylation is 1. The molecule has 0 saturated carbocycles. The number of rotatable bonds is 7. The van der Waals surface area contributed by atoms with Crippen LogP contribution in [0.3, 0.4) is 0 Å². The standard InChI is InChI=1S/C10H19N3O3S/c1-3-16-5-4-12-17(14,15)10-6-9(7-11)13(2)8-10/h6,8,12H,3-5,7,11H2,1-2H3. The Hall–Kier alpha value is -0.890. The molecule has 7 heteroatoms. The predicted octanol–water partition coefficient (Wildman–Crippen LogP) is -0.201. The number of sulfonamides is 1. The number of nitrogens with one attached hydrogen (secondary N) is 1. The van der Waals surface area contributed by atoms with Crippen molar-refractivity contribution in [3.05, 3.63) is 18.0 Å². The maximum Gasteiger partial charge on any atom is 0.242 e. The molecular weight excluding hydrogens is 242 g/mol. The zero-order valence-corrected chi connectivity index (χ0v) is 11.0. The zero-order valence-electron chi connectivity index (χ0n) is 10.1. The molecule has 0 aliphatic carbocycles. The summed E-state index contributed by atoms with van der Waals surface area (Å²) in [7, 11) is -1.69. The second-order valence-electron chi connectivity index (χ2n) is 3.58. The van der Waals surface area contributed by atoms with Crippen molar-refractivity contribution in [1.29, 1.82) is 0 Å². The molecule has 0 aliphatic rings. The van der Waals surface area contributed by atoms with Crippen LogP contribution in [0.4, 0.5) is 0 Å². The number of ether oxygens (including phenoxy) is 1. The van der Waals surface area contributed by atoms with Crippen molar-refractivity contribution in [3.8, 4) is 0 Å². The number of nitrogens with two attached hydrogens (primary N) is 1. The monoisotopic (exact) mass is 261 g/mol. The predicted molar refractivity (Wildman–Crippen MR) is 65.0 cm³/mol. The van der Waals surface area contributed by atoms with Crippen LogP contribution in [0.1, 0.15) is 12.6 Å². The lowest BCUT2D eigenvalue weighted by atomic mass is 10.4. The maximum absolute atomic E-state index is 11.9. The molecule has 6 nitrogen and oxygen atoms in total. The van der Waals surface area contributed by atoms with Gasteiger partial charge in [-0.3, -0.25) is 0 Å². The fraction of sp³-hybridized carbons (Fsp3) is 0.600. The Bertz CT molecular complexity index is 453. The van der Waals surface area contributed by atoms with Gasteiger partial charge in [-0.1, -0.05) is 0 Å². The topological polar surface area (TPSA) is 86.3 Å². The summed E-state index contributed by atoms with van der Waals surface area (Å²) in [6, 6.07) is 1.57. The average Bonchev–Trinajstić information content (AvgIpc) is 2.67. The second-order valence-corrected chi connectivity index (χ2v) is 5.34. The van der Waals surface area contributed by atoms with Crippen LogP contribution in [0.15, 0.2) is 17.2 Å². The van der Waals surface area contributed by atoms with Crippen LogP contribution in [-0.4, -0.2) is 32.7 Å². The van der Waals surface area contributed by atoms with Gasteiger partial charge >= 0.3 is 0 Å². The molecule has 3 N–H and O–H groups in total. The lowest BCUT2D eigenvalue weighted by Gasteiger charge is -2.04. The highest BCUT2D eigenvalue weighted by molar-refractivity contribution is 7.89. The molecule has 0 spiro atoms.